The molecule has 1 aromatic carbocycles. The van der Waals surface area contributed by atoms with Crippen LogP contribution in [0.5, 0.6) is 0 Å². The fourth-order valence-corrected chi connectivity index (χ4v) is 2.34. The van der Waals surface area contributed by atoms with Crippen molar-refractivity contribution in [2.75, 3.05) is 0 Å². The van der Waals surface area contributed by atoms with Gasteiger partial charge in [-0.25, -0.2) is 0 Å². The van der Waals surface area contributed by atoms with Gasteiger partial charge in [-0.15, -0.1) is 5.10 Å². The fraction of sp³-hybridized carbons (Fsp3) is 0.333. The monoisotopic (exact) mass is 309 g/mol. The van der Waals surface area contributed by atoms with Crippen LogP contribution in [0.4, 0.5) is 0 Å². The lowest BCUT2D eigenvalue weighted by molar-refractivity contribution is 0.542. The van der Waals surface area contributed by atoms with Gasteiger partial charge in [0.1, 0.15) is 0 Å². The lowest BCUT2D eigenvalue weighted by Gasteiger charge is -2.18. The van der Waals surface area contributed by atoms with Crippen molar-refractivity contribution in [2.45, 2.75) is 19.4 Å². The molecule has 0 saturated carbocycles. The van der Waals surface area contributed by atoms with E-state index in [0.29, 0.717) is 6.42 Å². The number of nitrogens with two attached hydrogens (primary N) is 1. The summed E-state index contributed by atoms with van der Waals surface area (Å²) in [5, 5.41) is 8.01. The molecule has 2 rings (SSSR count). The third kappa shape index (κ3) is 2.77. The molecule has 5 nitrogen and oxygen atoms in total. The van der Waals surface area contributed by atoms with Crippen LogP contribution >= 0.6 is 15.9 Å². The molecule has 2 aromatic rings. The Balaban J connectivity index is 2.25. The van der Waals surface area contributed by atoms with Gasteiger partial charge in [-0.2, -0.15) is 0 Å². The highest BCUT2D eigenvalue weighted by molar-refractivity contribution is 9.10. The molecule has 0 aliphatic carbocycles. The van der Waals surface area contributed by atoms with Crippen LogP contribution in [0.2, 0.25) is 0 Å². The van der Waals surface area contributed by atoms with Crippen molar-refractivity contribution in [1.29, 1.82) is 0 Å². The first-order chi connectivity index (χ1) is 8.61. The predicted molar refractivity (Wildman–Crippen MR) is 73.7 cm³/mol. The summed E-state index contributed by atoms with van der Waals surface area (Å²) < 4.78 is 2.77. The van der Waals surface area contributed by atoms with Crippen LogP contribution < -0.4 is 11.3 Å². The molecule has 0 radical (unpaired) electrons. The maximum Gasteiger partial charge on any atom is 0.0846 e. The second-order valence-electron chi connectivity index (χ2n) is 4.26. The fourth-order valence-electron chi connectivity index (χ4n) is 1.96. The van der Waals surface area contributed by atoms with Gasteiger partial charge in [-0.1, -0.05) is 33.3 Å². The van der Waals surface area contributed by atoms with E-state index in [2.05, 4.69) is 44.7 Å². The largest absolute Gasteiger partial charge is 0.271 e. The van der Waals surface area contributed by atoms with Gasteiger partial charge in [0.2, 0.25) is 0 Å². The Morgan fingerprint density at radius 2 is 2.28 bits per heavy atom. The van der Waals surface area contributed by atoms with E-state index in [4.69, 9.17) is 5.84 Å². The van der Waals surface area contributed by atoms with Crippen molar-refractivity contribution in [3.05, 3.63) is 45.7 Å². The minimum absolute atomic E-state index is 0.0270. The first kappa shape index (κ1) is 13.2. The van der Waals surface area contributed by atoms with Crippen LogP contribution in [0.1, 0.15) is 22.9 Å². The molecule has 18 heavy (non-hydrogen) atoms. The third-order valence-electron chi connectivity index (χ3n) is 2.95. The van der Waals surface area contributed by atoms with Crippen molar-refractivity contribution >= 4 is 15.9 Å². The van der Waals surface area contributed by atoms with Crippen molar-refractivity contribution in [2.24, 2.45) is 12.9 Å². The number of nitrogens with zero attached hydrogens (tertiary/aromatic N) is 3. The summed E-state index contributed by atoms with van der Waals surface area (Å²) in [6.07, 6.45) is 2.61. The quantitative estimate of drug-likeness (QED) is 0.665. The number of nitrogens with one attached hydrogen (secondary N) is 1. The van der Waals surface area contributed by atoms with Crippen molar-refractivity contribution < 1.29 is 0 Å². The molecule has 0 aliphatic heterocycles. The summed E-state index contributed by atoms with van der Waals surface area (Å²) in [5.41, 5.74) is 6.11. The summed E-state index contributed by atoms with van der Waals surface area (Å²) in [6.45, 7) is 2.07. The van der Waals surface area contributed by atoms with E-state index in [9.17, 15) is 0 Å². The topological polar surface area (TPSA) is 68.8 Å². The standard InChI is InChI=1S/C12H16BrN5/c1-8-10(4-3-5-11(8)13)12(15-14)6-9-7-18(2)17-16-9/h3-5,7,12,15H,6,14H2,1-2H3. The maximum absolute atomic E-state index is 5.66. The molecule has 0 saturated heterocycles. The Labute approximate surface area is 114 Å². The molecule has 1 aromatic heterocycles. The van der Waals surface area contributed by atoms with Gasteiger partial charge in [-0.3, -0.25) is 16.0 Å². The number of halogens is 1. The Hall–Kier alpha value is -1.24. The zero-order chi connectivity index (χ0) is 13.1. The number of aromatic nitrogens is 3. The van der Waals surface area contributed by atoms with Gasteiger partial charge in [0.05, 0.1) is 11.7 Å². The summed E-state index contributed by atoms with van der Waals surface area (Å²) >= 11 is 3.53. The number of hydrazine groups is 1. The summed E-state index contributed by atoms with van der Waals surface area (Å²) in [7, 11) is 1.85. The highest BCUT2D eigenvalue weighted by Crippen LogP contribution is 2.25. The predicted octanol–water partition coefficient (Wildman–Crippen LogP) is 1.63. The van der Waals surface area contributed by atoms with E-state index >= 15 is 0 Å². The molecule has 0 bridgehead atoms. The SMILES string of the molecule is Cc1c(Br)cccc1C(Cc1cn(C)nn1)NN. The smallest absolute Gasteiger partial charge is 0.0846 e. The lowest BCUT2D eigenvalue weighted by Crippen LogP contribution is -2.30. The normalized spacial score (nSPS) is 12.7. The van der Waals surface area contributed by atoms with Crippen molar-refractivity contribution in [3.63, 3.8) is 0 Å². The van der Waals surface area contributed by atoms with E-state index in [1.807, 2.05) is 25.4 Å². The van der Waals surface area contributed by atoms with E-state index in [1.165, 1.54) is 5.56 Å². The number of hydrogen-bond donors (Lipinski definition) is 2. The van der Waals surface area contributed by atoms with Gasteiger partial charge in [0.25, 0.3) is 0 Å². The van der Waals surface area contributed by atoms with Gasteiger partial charge < -0.3 is 0 Å². The molecule has 1 unspecified atom stereocenters. The maximum atomic E-state index is 5.66. The van der Waals surface area contributed by atoms with Crippen LogP contribution in [0.25, 0.3) is 0 Å². The molecule has 6 heteroatoms. The van der Waals surface area contributed by atoms with E-state index in [-0.39, 0.29) is 6.04 Å². The summed E-state index contributed by atoms with van der Waals surface area (Å²) in [4.78, 5) is 0. The summed E-state index contributed by atoms with van der Waals surface area (Å²) in [6, 6.07) is 6.13. The van der Waals surface area contributed by atoms with E-state index in [1.54, 1.807) is 4.68 Å². The first-order valence-electron chi connectivity index (χ1n) is 5.68. The van der Waals surface area contributed by atoms with Crippen LogP contribution in [0.3, 0.4) is 0 Å². The van der Waals surface area contributed by atoms with E-state index in [0.717, 1.165) is 15.7 Å². The second kappa shape index (κ2) is 5.60. The Kier molecular flexibility index (Phi) is 4.11. The lowest BCUT2D eigenvalue weighted by atomic mass is 9.98. The molecule has 0 spiro atoms. The number of aryl methyl sites for hydroxylation is 1. The third-order valence-corrected chi connectivity index (χ3v) is 3.81. The van der Waals surface area contributed by atoms with Gasteiger partial charge in [0, 0.05) is 24.1 Å². The van der Waals surface area contributed by atoms with Gasteiger partial charge in [0.15, 0.2) is 0 Å². The number of hydrogen-bond acceptors (Lipinski definition) is 4. The second-order valence-corrected chi connectivity index (χ2v) is 5.12. The van der Waals surface area contributed by atoms with Crippen LogP contribution in [-0.2, 0) is 13.5 Å². The molecular formula is C12H16BrN5. The Morgan fingerprint density at radius 1 is 1.50 bits per heavy atom. The molecule has 1 atom stereocenters. The summed E-state index contributed by atoms with van der Waals surface area (Å²) in [5.74, 6) is 5.66. The highest BCUT2D eigenvalue weighted by Gasteiger charge is 2.15. The minimum Gasteiger partial charge on any atom is -0.271 e. The zero-order valence-corrected chi connectivity index (χ0v) is 12.0. The molecule has 0 amide bonds. The number of benzene rings is 1. The van der Waals surface area contributed by atoms with Gasteiger partial charge in [-0.05, 0) is 24.1 Å². The first-order valence-corrected chi connectivity index (χ1v) is 6.47. The van der Waals surface area contributed by atoms with Crippen molar-refractivity contribution in [1.82, 2.24) is 20.4 Å². The van der Waals surface area contributed by atoms with Crippen molar-refractivity contribution in [3.8, 4) is 0 Å². The molecular weight excluding hydrogens is 294 g/mol. The minimum atomic E-state index is 0.0270. The van der Waals surface area contributed by atoms with E-state index < -0.39 is 0 Å². The molecule has 96 valence electrons. The molecule has 3 N–H and O–H groups in total. The zero-order valence-electron chi connectivity index (χ0n) is 10.4. The molecule has 0 fully saturated rings. The highest BCUT2D eigenvalue weighted by atomic mass is 79.9. The average Bonchev–Trinajstić information content (AvgIpc) is 2.76. The average molecular weight is 310 g/mol. The number of rotatable bonds is 4. The Morgan fingerprint density at radius 3 is 2.89 bits per heavy atom. The van der Waals surface area contributed by atoms with Gasteiger partial charge >= 0.3 is 0 Å². The van der Waals surface area contributed by atoms with Crippen LogP contribution in [0.15, 0.2) is 28.9 Å². The molecule has 0 aliphatic rings. The molecule has 1 heterocycles. The van der Waals surface area contributed by atoms with Crippen LogP contribution in [-0.4, -0.2) is 15.0 Å². The van der Waals surface area contributed by atoms with Crippen LogP contribution in [0, 0.1) is 6.92 Å². The Bertz CT molecular complexity index is 537.